The molecule has 6 heteroatoms. The molecule has 1 saturated heterocycles. The molecule has 3 aromatic carbocycles. The van der Waals surface area contributed by atoms with Gasteiger partial charge in [0.05, 0.1) is 11.4 Å². The lowest BCUT2D eigenvalue weighted by molar-refractivity contribution is -0.124. The first-order valence-corrected chi connectivity index (χ1v) is 12.5. The average Bonchev–Trinajstić information content (AvgIpc) is 3.29. The normalized spacial score (nSPS) is 26.9. The van der Waals surface area contributed by atoms with Crippen LogP contribution in [-0.2, 0) is 19.9 Å². The predicted octanol–water partition coefficient (Wildman–Crippen LogP) is 5.59. The molecule has 3 aromatic rings. The van der Waals surface area contributed by atoms with Crippen molar-refractivity contribution in [2.24, 2.45) is 0 Å². The minimum Gasteiger partial charge on any atom is -0.303 e. The number of carbonyl (C=O) groups is 2. The van der Waals surface area contributed by atoms with Gasteiger partial charge in [0.2, 0.25) is 10.8 Å². The van der Waals surface area contributed by atoms with E-state index in [1.807, 2.05) is 23.1 Å². The summed E-state index contributed by atoms with van der Waals surface area (Å²) < 4.78 is 13.7. The lowest BCUT2D eigenvalue weighted by Crippen LogP contribution is -2.58. The number of anilines is 2. The number of amides is 2. The fourth-order valence-electron chi connectivity index (χ4n) is 6.29. The lowest BCUT2D eigenvalue weighted by Gasteiger charge is -2.50. The zero-order valence-electron chi connectivity index (χ0n) is 19.3. The van der Waals surface area contributed by atoms with Crippen molar-refractivity contribution in [2.45, 2.75) is 43.0 Å². The number of fused-ring (bicyclic) bond motifs is 1. The second-order valence-electron chi connectivity index (χ2n) is 10.2. The molecule has 0 radical (unpaired) electrons. The molecule has 2 atom stereocenters. The summed E-state index contributed by atoms with van der Waals surface area (Å²) in [6.45, 7) is 6.46. The fraction of sp³-hybridized carbons (Fsp3) is 0.286. The lowest BCUT2D eigenvalue weighted by atomic mass is 9.65. The van der Waals surface area contributed by atoms with Crippen LogP contribution in [0.1, 0.15) is 43.9 Å². The van der Waals surface area contributed by atoms with Crippen molar-refractivity contribution < 1.29 is 14.0 Å². The first-order valence-electron chi connectivity index (χ1n) is 11.5. The maximum Gasteiger partial charge on any atom is 0.269 e. The van der Waals surface area contributed by atoms with E-state index in [-0.39, 0.29) is 28.8 Å². The van der Waals surface area contributed by atoms with E-state index in [4.69, 9.17) is 0 Å². The number of rotatable bonds is 2. The van der Waals surface area contributed by atoms with E-state index in [0.29, 0.717) is 5.69 Å². The Bertz CT molecular complexity index is 1340. The minimum atomic E-state index is -1.19. The minimum absolute atomic E-state index is 0.102. The first kappa shape index (κ1) is 21.4. The van der Waals surface area contributed by atoms with Gasteiger partial charge in [-0.3, -0.25) is 14.5 Å². The summed E-state index contributed by atoms with van der Waals surface area (Å²) >= 11 is 1.36. The highest BCUT2D eigenvalue weighted by Gasteiger charge is 2.65. The number of halogens is 1. The van der Waals surface area contributed by atoms with Gasteiger partial charge in [-0.25, -0.2) is 4.39 Å². The summed E-state index contributed by atoms with van der Waals surface area (Å²) in [6, 6.07) is 22.3. The molecule has 3 aliphatic heterocycles. The Kier molecular flexibility index (Phi) is 4.38. The molecule has 0 bridgehead atoms. The van der Waals surface area contributed by atoms with Crippen molar-refractivity contribution in [3.63, 3.8) is 0 Å². The van der Waals surface area contributed by atoms with Gasteiger partial charge in [-0.1, -0.05) is 55.5 Å². The Hall–Kier alpha value is -3.12. The summed E-state index contributed by atoms with van der Waals surface area (Å²) in [5.41, 5.74) is 3.80. The molecule has 172 valence electrons. The van der Waals surface area contributed by atoms with E-state index in [1.54, 1.807) is 17.0 Å². The number of benzene rings is 3. The van der Waals surface area contributed by atoms with Gasteiger partial charge in [-0.15, -0.1) is 11.8 Å². The molecular formula is C28H25FN2O2S. The number of hydrogen-bond donors (Lipinski definition) is 0. The molecule has 0 aromatic heterocycles. The summed E-state index contributed by atoms with van der Waals surface area (Å²) in [5.74, 6) is -0.435. The van der Waals surface area contributed by atoms with Gasteiger partial charge in [0.25, 0.3) is 5.91 Å². The largest absolute Gasteiger partial charge is 0.303 e. The Balaban J connectivity index is 1.63. The molecular weight excluding hydrogens is 447 g/mol. The molecule has 34 heavy (non-hydrogen) atoms. The third kappa shape index (κ3) is 2.60. The van der Waals surface area contributed by atoms with Gasteiger partial charge in [-0.2, -0.15) is 0 Å². The molecule has 2 amide bonds. The highest BCUT2D eigenvalue weighted by molar-refractivity contribution is 8.02. The molecule has 0 aliphatic carbocycles. The molecule has 0 unspecified atom stereocenters. The van der Waals surface area contributed by atoms with Crippen LogP contribution in [0.15, 0.2) is 72.8 Å². The highest BCUT2D eigenvalue weighted by atomic mass is 32.2. The molecule has 6 rings (SSSR count). The molecule has 4 nitrogen and oxygen atoms in total. The quantitative estimate of drug-likeness (QED) is 0.488. The zero-order valence-corrected chi connectivity index (χ0v) is 20.2. The van der Waals surface area contributed by atoms with Gasteiger partial charge < -0.3 is 4.90 Å². The topological polar surface area (TPSA) is 40.6 Å². The van der Waals surface area contributed by atoms with E-state index in [0.717, 1.165) is 23.2 Å². The third-order valence-electron chi connectivity index (χ3n) is 7.57. The Morgan fingerprint density at radius 2 is 1.50 bits per heavy atom. The van der Waals surface area contributed by atoms with E-state index in [2.05, 4.69) is 51.1 Å². The highest BCUT2D eigenvalue weighted by Crippen LogP contribution is 2.62. The predicted molar refractivity (Wildman–Crippen MR) is 134 cm³/mol. The summed E-state index contributed by atoms with van der Waals surface area (Å²) in [6.07, 6.45) is 0.747. The van der Waals surface area contributed by atoms with Crippen LogP contribution in [0.5, 0.6) is 0 Å². The Morgan fingerprint density at radius 1 is 0.824 bits per heavy atom. The van der Waals surface area contributed by atoms with E-state index >= 15 is 0 Å². The van der Waals surface area contributed by atoms with Crippen molar-refractivity contribution in [1.29, 1.82) is 0 Å². The molecule has 3 aliphatic rings. The number of hydrogen-bond acceptors (Lipinski definition) is 3. The standard InChI is InChI=1S/C28H25FN2O2S/c1-26(2)17-27(3,18-8-5-4-6-9-18)21-10-7-11-22-24(21)31(26)25(33)28(22)30(23(32)16-34-28)20-14-12-19(29)13-15-20/h4-15H,16-17H2,1-3H3/t27-,28+/m1/s1. The van der Waals surface area contributed by atoms with Crippen LogP contribution >= 0.6 is 11.8 Å². The van der Waals surface area contributed by atoms with Crippen LogP contribution in [-0.4, -0.2) is 23.1 Å². The number of para-hydroxylation sites is 1. The van der Waals surface area contributed by atoms with E-state index in [9.17, 15) is 14.0 Å². The smallest absolute Gasteiger partial charge is 0.269 e. The number of thioether (sulfide) groups is 1. The Morgan fingerprint density at radius 3 is 2.21 bits per heavy atom. The third-order valence-corrected chi connectivity index (χ3v) is 8.95. The van der Waals surface area contributed by atoms with Crippen LogP contribution in [0.25, 0.3) is 0 Å². The summed E-state index contributed by atoms with van der Waals surface area (Å²) in [7, 11) is 0. The maximum atomic E-state index is 14.4. The van der Waals surface area contributed by atoms with Gasteiger partial charge in [0.15, 0.2) is 0 Å². The van der Waals surface area contributed by atoms with Crippen LogP contribution in [0.2, 0.25) is 0 Å². The monoisotopic (exact) mass is 472 g/mol. The van der Waals surface area contributed by atoms with Crippen LogP contribution in [0, 0.1) is 5.82 Å². The number of nitrogens with zero attached hydrogens (tertiary/aromatic N) is 2. The second kappa shape index (κ2) is 6.95. The first-order chi connectivity index (χ1) is 16.2. The van der Waals surface area contributed by atoms with E-state index in [1.165, 1.54) is 29.5 Å². The van der Waals surface area contributed by atoms with E-state index < -0.39 is 10.4 Å². The average molecular weight is 473 g/mol. The van der Waals surface area contributed by atoms with Gasteiger partial charge in [0.1, 0.15) is 5.82 Å². The van der Waals surface area contributed by atoms with Crippen molar-refractivity contribution in [3.05, 3.63) is 95.3 Å². The SMILES string of the molecule is CC1(C)C[C@](C)(c2ccccc2)c2cccc3c2N1C(=O)[C@@]31SCC(=O)N1c1ccc(F)cc1. The molecule has 0 saturated carbocycles. The van der Waals surface area contributed by atoms with Crippen LogP contribution < -0.4 is 9.80 Å². The molecule has 1 fully saturated rings. The van der Waals surface area contributed by atoms with Crippen molar-refractivity contribution in [1.82, 2.24) is 0 Å². The van der Waals surface area contributed by atoms with Crippen LogP contribution in [0.4, 0.5) is 15.8 Å². The Labute approximate surface area is 202 Å². The maximum absolute atomic E-state index is 14.4. The van der Waals surface area contributed by atoms with Crippen LogP contribution in [0.3, 0.4) is 0 Å². The summed E-state index contributed by atoms with van der Waals surface area (Å²) in [4.78, 5) is 29.9. The van der Waals surface area contributed by atoms with Crippen molar-refractivity contribution in [2.75, 3.05) is 15.6 Å². The molecule has 0 N–H and O–H groups in total. The van der Waals surface area contributed by atoms with Crippen molar-refractivity contribution in [3.8, 4) is 0 Å². The van der Waals surface area contributed by atoms with Gasteiger partial charge in [-0.05, 0) is 55.7 Å². The van der Waals surface area contributed by atoms with Gasteiger partial charge in [0, 0.05) is 22.2 Å². The molecule has 3 heterocycles. The summed E-state index contributed by atoms with van der Waals surface area (Å²) in [5, 5.41) is 0. The van der Waals surface area contributed by atoms with Crippen molar-refractivity contribution >= 4 is 35.0 Å². The fourth-order valence-corrected chi connectivity index (χ4v) is 7.63. The molecule has 1 spiro atoms. The second-order valence-corrected chi connectivity index (χ2v) is 11.3. The zero-order chi connectivity index (χ0) is 23.9. The van der Waals surface area contributed by atoms with Gasteiger partial charge >= 0.3 is 0 Å². The number of carbonyl (C=O) groups excluding carboxylic acids is 2.